The van der Waals surface area contributed by atoms with Gasteiger partial charge in [-0.3, -0.25) is 9.48 Å². The maximum absolute atomic E-state index is 13.9. The van der Waals surface area contributed by atoms with Crippen LogP contribution in [0.4, 0.5) is 34.8 Å². The van der Waals surface area contributed by atoms with Crippen molar-refractivity contribution in [2.75, 3.05) is 17.2 Å². The van der Waals surface area contributed by atoms with Crippen LogP contribution in [0.15, 0.2) is 67.1 Å². The number of hydrogen-bond donors (Lipinski definition) is 3. The van der Waals surface area contributed by atoms with Crippen LogP contribution in [-0.2, 0) is 12.7 Å². The third-order valence-electron chi connectivity index (χ3n) is 5.32. The number of rotatable bonds is 7. The van der Waals surface area contributed by atoms with Crippen LogP contribution >= 0.6 is 0 Å². The lowest BCUT2D eigenvalue weighted by Crippen LogP contribution is -2.16. The highest BCUT2D eigenvalue weighted by Crippen LogP contribution is 2.32. The van der Waals surface area contributed by atoms with Crippen molar-refractivity contribution < 1.29 is 27.5 Å². The van der Waals surface area contributed by atoms with Gasteiger partial charge in [-0.2, -0.15) is 18.3 Å². The Balaban J connectivity index is 1.72. The zero-order valence-corrected chi connectivity index (χ0v) is 19.0. The minimum Gasteiger partial charge on any atom is -0.394 e. The Labute approximate surface area is 203 Å². The van der Waals surface area contributed by atoms with Crippen molar-refractivity contribution in [2.45, 2.75) is 19.6 Å². The first-order valence-electron chi connectivity index (χ1n) is 10.8. The van der Waals surface area contributed by atoms with Gasteiger partial charge >= 0.3 is 6.18 Å². The molecule has 0 radical (unpaired) electrons. The molecule has 3 N–H and O–H groups in total. The van der Waals surface area contributed by atoms with Crippen LogP contribution in [0.3, 0.4) is 0 Å². The van der Waals surface area contributed by atoms with E-state index in [0.717, 1.165) is 11.6 Å². The van der Waals surface area contributed by atoms with Crippen LogP contribution in [0, 0.1) is 12.7 Å². The van der Waals surface area contributed by atoms with Crippen LogP contribution in [0.25, 0.3) is 11.1 Å². The topological polar surface area (TPSA) is 92.1 Å². The molecular weight excluding hydrogens is 478 g/mol. The Kier molecular flexibility index (Phi) is 7.02. The molecule has 0 bridgehead atoms. The Hall–Kier alpha value is -4.25. The standard InChI is InChI=1S/C25H21F4N5O2/c1-15-4-2-3-5-21(15)32-23-22(10-17(12-30-23)18-13-31-34(14-18)6-7-35)33-24(36)16-8-19(25(27,28)29)11-20(26)9-16/h2-5,8-14,35H,6-7H2,1H3,(H,30,32)(H,33,36). The van der Waals surface area contributed by atoms with Gasteiger partial charge in [0.15, 0.2) is 5.82 Å². The smallest absolute Gasteiger partial charge is 0.394 e. The average Bonchev–Trinajstić information content (AvgIpc) is 3.29. The number of carbonyl (C=O) groups excluding carboxylic acids is 1. The predicted octanol–water partition coefficient (Wildman–Crippen LogP) is 5.40. The average molecular weight is 499 g/mol. The van der Waals surface area contributed by atoms with E-state index in [2.05, 4.69) is 20.7 Å². The SMILES string of the molecule is Cc1ccccc1Nc1ncc(-c2cnn(CCO)c2)cc1NC(=O)c1cc(F)cc(C(F)(F)F)c1. The third kappa shape index (κ3) is 5.69. The molecule has 4 rings (SSSR count). The number of carbonyl (C=O) groups is 1. The molecule has 1 amide bonds. The van der Waals surface area contributed by atoms with Gasteiger partial charge in [-0.1, -0.05) is 18.2 Å². The van der Waals surface area contributed by atoms with Crippen LogP contribution in [0.5, 0.6) is 0 Å². The quantitative estimate of drug-likeness (QED) is 0.296. The second-order valence-electron chi connectivity index (χ2n) is 7.96. The first-order valence-corrected chi connectivity index (χ1v) is 10.8. The summed E-state index contributed by atoms with van der Waals surface area (Å²) in [6.07, 6.45) is -0.0459. The maximum Gasteiger partial charge on any atom is 0.416 e. The molecule has 0 fully saturated rings. The minimum atomic E-state index is -4.81. The highest BCUT2D eigenvalue weighted by atomic mass is 19.4. The van der Waals surface area contributed by atoms with Crippen molar-refractivity contribution >= 4 is 23.1 Å². The Morgan fingerprint density at radius 1 is 1.06 bits per heavy atom. The van der Waals surface area contributed by atoms with Crippen molar-refractivity contribution in [3.63, 3.8) is 0 Å². The number of nitrogens with one attached hydrogen (secondary N) is 2. The molecule has 4 aromatic rings. The number of halogens is 4. The lowest BCUT2D eigenvalue weighted by Gasteiger charge is -2.15. The lowest BCUT2D eigenvalue weighted by molar-refractivity contribution is -0.137. The molecule has 186 valence electrons. The molecule has 2 heterocycles. The summed E-state index contributed by atoms with van der Waals surface area (Å²) in [7, 11) is 0. The van der Waals surface area contributed by atoms with E-state index in [0.29, 0.717) is 28.9 Å². The molecule has 2 aromatic heterocycles. The van der Waals surface area contributed by atoms with E-state index in [1.807, 2.05) is 25.1 Å². The second-order valence-corrected chi connectivity index (χ2v) is 7.96. The van der Waals surface area contributed by atoms with Crippen molar-refractivity contribution in [3.05, 3.63) is 89.6 Å². The fourth-order valence-electron chi connectivity index (χ4n) is 3.47. The fraction of sp³-hybridized carbons (Fsp3) is 0.160. The number of anilines is 3. The molecule has 0 unspecified atom stereocenters. The molecule has 36 heavy (non-hydrogen) atoms. The van der Waals surface area contributed by atoms with E-state index in [1.165, 1.54) is 4.68 Å². The van der Waals surface area contributed by atoms with E-state index < -0.39 is 29.0 Å². The summed E-state index contributed by atoms with van der Waals surface area (Å²) >= 11 is 0. The minimum absolute atomic E-state index is 0.104. The summed E-state index contributed by atoms with van der Waals surface area (Å²) in [6, 6.07) is 10.6. The van der Waals surface area contributed by atoms with Crippen LogP contribution in [0.1, 0.15) is 21.5 Å². The van der Waals surface area contributed by atoms with E-state index in [-0.39, 0.29) is 24.7 Å². The molecule has 7 nitrogen and oxygen atoms in total. The van der Waals surface area contributed by atoms with Crippen LogP contribution < -0.4 is 10.6 Å². The van der Waals surface area contributed by atoms with Gasteiger partial charge in [-0.25, -0.2) is 9.37 Å². The number of hydrogen-bond acceptors (Lipinski definition) is 5. The normalized spacial score (nSPS) is 11.4. The molecule has 0 aliphatic carbocycles. The van der Waals surface area contributed by atoms with E-state index in [1.54, 1.807) is 30.7 Å². The second kappa shape index (κ2) is 10.2. The number of nitrogens with zero attached hydrogens (tertiary/aromatic N) is 3. The molecule has 2 aromatic carbocycles. The number of aromatic nitrogens is 3. The van der Waals surface area contributed by atoms with Gasteiger partial charge in [-0.15, -0.1) is 0 Å². The van der Waals surface area contributed by atoms with Gasteiger partial charge in [0.25, 0.3) is 5.91 Å². The van der Waals surface area contributed by atoms with Gasteiger partial charge in [0.2, 0.25) is 0 Å². The lowest BCUT2D eigenvalue weighted by atomic mass is 10.1. The summed E-state index contributed by atoms with van der Waals surface area (Å²) in [5, 5.41) is 18.9. The summed E-state index contributed by atoms with van der Waals surface area (Å²) < 4.78 is 54.8. The number of benzene rings is 2. The molecule has 0 saturated heterocycles. The monoisotopic (exact) mass is 499 g/mol. The first-order chi connectivity index (χ1) is 17.1. The highest BCUT2D eigenvalue weighted by Gasteiger charge is 2.32. The number of aryl methyl sites for hydroxylation is 1. The zero-order chi connectivity index (χ0) is 25.9. The number of para-hydroxylation sites is 1. The largest absolute Gasteiger partial charge is 0.416 e. The predicted molar refractivity (Wildman–Crippen MR) is 126 cm³/mol. The number of alkyl halides is 3. The maximum atomic E-state index is 13.9. The van der Waals surface area contributed by atoms with Gasteiger partial charge in [0, 0.05) is 34.8 Å². The fourth-order valence-corrected chi connectivity index (χ4v) is 3.47. The molecule has 0 aliphatic heterocycles. The summed E-state index contributed by atoms with van der Waals surface area (Å²) in [5.74, 6) is -1.89. The van der Waals surface area contributed by atoms with Crippen molar-refractivity contribution in [3.8, 4) is 11.1 Å². The molecular formula is C25H21F4N5O2. The first kappa shape index (κ1) is 24.9. The van der Waals surface area contributed by atoms with Crippen LogP contribution in [0.2, 0.25) is 0 Å². The van der Waals surface area contributed by atoms with Crippen molar-refractivity contribution in [1.29, 1.82) is 0 Å². The van der Waals surface area contributed by atoms with Gasteiger partial charge in [-0.05, 0) is 42.8 Å². The molecule has 0 atom stereocenters. The molecule has 0 spiro atoms. The van der Waals surface area contributed by atoms with E-state index >= 15 is 0 Å². The summed E-state index contributed by atoms with van der Waals surface area (Å²) in [5.41, 5.74) is 1.19. The number of pyridine rings is 1. The Morgan fingerprint density at radius 3 is 2.56 bits per heavy atom. The van der Waals surface area contributed by atoms with E-state index in [4.69, 9.17) is 5.11 Å². The Morgan fingerprint density at radius 2 is 1.83 bits per heavy atom. The molecule has 11 heteroatoms. The van der Waals surface area contributed by atoms with E-state index in [9.17, 15) is 22.4 Å². The van der Waals surface area contributed by atoms with Gasteiger partial charge in [0.05, 0.1) is 30.6 Å². The third-order valence-corrected chi connectivity index (χ3v) is 5.32. The zero-order valence-electron chi connectivity index (χ0n) is 19.0. The van der Waals surface area contributed by atoms with Gasteiger partial charge < -0.3 is 15.7 Å². The van der Waals surface area contributed by atoms with Crippen molar-refractivity contribution in [2.24, 2.45) is 0 Å². The van der Waals surface area contributed by atoms with Crippen LogP contribution in [-0.4, -0.2) is 32.4 Å². The molecule has 0 saturated carbocycles. The Bertz CT molecular complexity index is 1400. The van der Waals surface area contributed by atoms with Gasteiger partial charge in [0.1, 0.15) is 5.82 Å². The number of aliphatic hydroxyl groups excluding tert-OH is 1. The summed E-state index contributed by atoms with van der Waals surface area (Å²) in [6.45, 7) is 2.05. The molecule has 0 aliphatic rings. The van der Waals surface area contributed by atoms with Crippen molar-refractivity contribution in [1.82, 2.24) is 14.8 Å². The number of aliphatic hydroxyl groups is 1. The summed E-state index contributed by atoms with van der Waals surface area (Å²) in [4.78, 5) is 17.3. The highest BCUT2D eigenvalue weighted by molar-refractivity contribution is 6.06. The number of amides is 1.